The van der Waals surface area contributed by atoms with Gasteiger partial charge in [0.25, 0.3) is 0 Å². The van der Waals surface area contributed by atoms with Crippen molar-refractivity contribution in [2.45, 2.75) is 64.4 Å². The molecule has 0 spiro atoms. The highest BCUT2D eigenvalue weighted by atomic mass is 32.2. The summed E-state index contributed by atoms with van der Waals surface area (Å²) in [5, 5.41) is 3.08. The SMILES string of the molecule is Cc1cc(C)c([C@@H](C)NC(=O)CCc2ccc(S(=O)(=O)N[C@@H](C)c3ccccc3)cc2)cc1C. The first kappa shape index (κ1) is 25.7. The molecule has 6 heteroatoms. The predicted octanol–water partition coefficient (Wildman–Crippen LogP) is 5.46. The molecule has 0 aliphatic heterocycles. The van der Waals surface area contributed by atoms with Crippen molar-refractivity contribution in [1.29, 1.82) is 0 Å². The highest BCUT2D eigenvalue weighted by Gasteiger charge is 2.18. The van der Waals surface area contributed by atoms with E-state index in [1.807, 2.05) is 44.2 Å². The lowest BCUT2D eigenvalue weighted by molar-refractivity contribution is -0.121. The van der Waals surface area contributed by atoms with Gasteiger partial charge in [-0.1, -0.05) is 54.6 Å². The fourth-order valence-corrected chi connectivity index (χ4v) is 5.28. The van der Waals surface area contributed by atoms with Gasteiger partial charge < -0.3 is 5.32 Å². The van der Waals surface area contributed by atoms with Crippen LogP contribution in [0.15, 0.2) is 71.6 Å². The molecule has 2 N–H and O–H groups in total. The molecule has 3 aromatic carbocycles. The van der Waals surface area contributed by atoms with Gasteiger partial charge in [-0.15, -0.1) is 0 Å². The van der Waals surface area contributed by atoms with Crippen molar-refractivity contribution in [3.8, 4) is 0 Å². The summed E-state index contributed by atoms with van der Waals surface area (Å²) >= 11 is 0. The first-order chi connectivity index (χ1) is 16.1. The van der Waals surface area contributed by atoms with Crippen LogP contribution in [0.4, 0.5) is 0 Å². The summed E-state index contributed by atoms with van der Waals surface area (Å²) in [5.74, 6) is -0.0276. The number of nitrogens with one attached hydrogen (secondary N) is 2. The minimum atomic E-state index is -3.64. The smallest absolute Gasteiger partial charge is 0.241 e. The lowest BCUT2D eigenvalue weighted by Gasteiger charge is -2.18. The number of hydrogen-bond donors (Lipinski definition) is 2. The molecule has 0 bridgehead atoms. The van der Waals surface area contributed by atoms with Gasteiger partial charge in [-0.2, -0.15) is 0 Å². The Hall–Kier alpha value is -2.96. The molecule has 0 saturated heterocycles. The minimum absolute atomic E-state index is 0.0276. The molecule has 5 nitrogen and oxygen atoms in total. The van der Waals surface area contributed by atoms with Crippen LogP contribution in [-0.4, -0.2) is 14.3 Å². The topological polar surface area (TPSA) is 75.3 Å². The van der Waals surface area contributed by atoms with E-state index in [4.69, 9.17) is 0 Å². The van der Waals surface area contributed by atoms with Crippen molar-refractivity contribution in [1.82, 2.24) is 10.0 Å². The molecule has 2 atom stereocenters. The molecule has 0 heterocycles. The number of hydrogen-bond acceptors (Lipinski definition) is 3. The second-order valence-electron chi connectivity index (χ2n) is 8.98. The van der Waals surface area contributed by atoms with Gasteiger partial charge in [0, 0.05) is 12.5 Å². The second-order valence-corrected chi connectivity index (χ2v) is 10.7. The van der Waals surface area contributed by atoms with E-state index >= 15 is 0 Å². The summed E-state index contributed by atoms with van der Waals surface area (Å²) in [6, 6.07) is 20.1. The zero-order chi connectivity index (χ0) is 24.9. The molecule has 0 aromatic heterocycles. The highest BCUT2D eigenvalue weighted by molar-refractivity contribution is 7.89. The van der Waals surface area contributed by atoms with E-state index in [9.17, 15) is 13.2 Å². The van der Waals surface area contributed by atoms with E-state index in [1.165, 1.54) is 16.7 Å². The number of amides is 1. The van der Waals surface area contributed by atoms with Crippen LogP contribution in [0, 0.1) is 20.8 Å². The Labute approximate surface area is 203 Å². The van der Waals surface area contributed by atoms with E-state index < -0.39 is 10.0 Å². The lowest BCUT2D eigenvalue weighted by Crippen LogP contribution is -2.27. The molecule has 1 amide bonds. The van der Waals surface area contributed by atoms with Crippen LogP contribution >= 0.6 is 0 Å². The first-order valence-electron chi connectivity index (χ1n) is 11.6. The van der Waals surface area contributed by atoms with Crippen molar-refractivity contribution in [2.24, 2.45) is 0 Å². The second kappa shape index (κ2) is 11.0. The first-order valence-corrected chi connectivity index (χ1v) is 13.1. The van der Waals surface area contributed by atoms with Crippen LogP contribution in [0.25, 0.3) is 0 Å². The third kappa shape index (κ3) is 6.55. The van der Waals surface area contributed by atoms with Gasteiger partial charge in [-0.05, 0) is 86.6 Å². The number of carbonyl (C=O) groups is 1. The zero-order valence-electron chi connectivity index (χ0n) is 20.6. The van der Waals surface area contributed by atoms with Crippen LogP contribution in [-0.2, 0) is 21.2 Å². The van der Waals surface area contributed by atoms with Crippen LogP contribution < -0.4 is 10.0 Å². The van der Waals surface area contributed by atoms with Crippen molar-refractivity contribution in [2.75, 3.05) is 0 Å². The molecule has 0 aliphatic rings. The van der Waals surface area contributed by atoms with Crippen LogP contribution in [0.5, 0.6) is 0 Å². The fraction of sp³-hybridized carbons (Fsp3) is 0.321. The Morgan fingerprint density at radius 1 is 0.824 bits per heavy atom. The Morgan fingerprint density at radius 3 is 2.09 bits per heavy atom. The molecular weight excluding hydrogens is 444 g/mol. The third-order valence-electron chi connectivity index (χ3n) is 6.23. The monoisotopic (exact) mass is 478 g/mol. The Balaban J connectivity index is 1.56. The molecule has 0 saturated carbocycles. The van der Waals surface area contributed by atoms with Crippen molar-refractivity contribution in [3.05, 3.63) is 100 Å². The van der Waals surface area contributed by atoms with Crippen molar-refractivity contribution >= 4 is 15.9 Å². The number of carbonyl (C=O) groups excluding carboxylic acids is 1. The standard InChI is InChI=1S/C28H34N2O3S/c1-19-17-21(3)27(18-20(19)2)23(5)29-28(31)16-13-24-11-14-26(15-12-24)34(32,33)30-22(4)25-9-7-6-8-10-25/h6-12,14-15,17-18,22-23,30H,13,16H2,1-5H3,(H,29,31)/t22-,23+/m0/s1. The maximum Gasteiger partial charge on any atom is 0.241 e. The molecule has 0 fully saturated rings. The summed E-state index contributed by atoms with van der Waals surface area (Å²) in [5.41, 5.74) is 6.57. The average molecular weight is 479 g/mol. The summed E-state index contributed by atoms with van der Waals surface area (Å²) in [6.45, 7) is 10.0. The Kier molecular flexibility index (Phi) is 8.28. The molecule has 0 radical (unpaired) electrons. The van der Waals surface area contributed by atoms with Crippen LogP contribution in [0.3, 0.4) is 0 Å². The molecule has 180 valence electrons. The van der Waals surface area contributed by atoms with E-state index in [-0.39, 0.29) is 22.9 Å². The number of benzene rings is 3. The lowest BCUT2D eigenvalue weighted by atomic mass is 9.96. The molecule has 0 unspecified atom stereocenters. The van der Waals surface area contributed by atoms with Gasteiger partial charge in [0.05, 0.1) is 10.9 Å². The third-order valence-corrected chi connectivity index (χ3v) is 7.79. The highest BCUT2D eigenvalue weighted by Crippen LogP contribution is 2.22. The Morgan fingerprint density at radius 2 is 1.44 bits per heavy atom. The molecule has 3 rings (SSSR count). The summed E-state index contributed by atoms with van der Waals surface area (Å²) < 4.78 is 28.2. The zero-order valence-corrected chi connectivity index (χ0v) is 21.4. The molecule has 34 heavy (non-hydrogen) atoms. The number of aryl methyl sites for hydroxylation is 4. The van der Waals surface area contributed by atoms with Gasteiger partial charge in [0.2, 0.25) is 15.9 Å². The van der Waals surface area contributed by atoms with Gasteiger partial charge in [-0.25, -0.2) is 13.1 Å². The maximum atomic E-state index is 12.7. The summed E-state index contributed by atoms with van der Waals surface area (Å²) in [7, 11) is -3.64. The summed E-state index contributed by atoms with van der Waals surface area (Å²) in [4.78, 5) is 12.7. The molecule has 3 aromatic rings. The molecule has 0 aliphatic carbocycles. The quantitative estimate of drug-likeness (QED) is 0.429. The van der Waals surface area contributed by atoms with Crippen molar-refractivity contribution in [3.63, 3.8) is 0 Å². The van der Waals surface area contributed by atoms with Gasteiger partial charge in [0.1, 0.15) is 0 Å². The van der Waals surface area contributed by atoms with Crippen LogP contribution in [0.2, 0.25) is 0 Å². The summed E-state index contributed by atoms with van der Waals surface area (Å²) in [6.07, 6.45) is 0.877. The van der Waals surface area contributed by atoms with E-state index in [0.717, 1.165) is 16.7 Å². The maximum absolute atomic E-state index is 12.7. The van der Waals surface area contributed by atoms with Gasteiger partial charge in [-0.3, -0.25) is 4.79 Å². The van der Waals surface area contributed by atoms with E-state index in [1.54, 1.807) is 24.3 Å². The van der Waals surface area contributed by atoms with E-state index in [0.29, 0.717) is 12.8 Å². The minimum Gasteiger partial charge on any atom is -0.350 e. The number of rotatable bonds is 9. The van der Waals surface area contributed by atoms with Crippen LogP contribution in [0.1, 0.15) is 65.7 Å². The van der Waals surface area contributed by atoms with Crippen molar-refractivity contribution < 1.29 is 13.2 Å². The average Bonchev–Trinajstić information content (AvgIpc) is 2.80. The van der Waals surface area contributed by atoms with Gasteiger partial charge in [0.15, 0.2) is 0 Å². The normalized spacial score (nSPS) is 13.3. The molecular formula is C28H34N2O3S. The predicted molar refractivity (Wildman–Crippen MR) is 137 cm³/mol. The largest absolute Gasteiger partial charge is 0.350 e. The Bertz CT molecular complexity index is 1240. The number of sulfonamides is 1. The fourth-order valence-electron chi connectivity index (χ4n) is 4.04. The van der Waals surface area contributed by atoms with E-state index in [2.05, 4.69) is 42.9 Å². The van der Waals surface area contributed by atoms with Gasteiger partial charge >= 0.3 is 0 Å².